The van der Waals surface area contributed by atoms with Crippen molar-refractivity contribution in [2.24, 2.45) is 5.10 Å². The zero-order valence-corrected chi connectivity index (χ0v) is 9.17. The minimum absolute atomic E-state index is 0.0850. The third-order valence-electron chi connectivity index (χ3n) is 2.29. The Labute approximate surface area is 102 Å². The molecule has 1 atom stereocenters. The number of hydrogen-bond acceptors (Lipinski definition) is 8. The molecule has 92 valence electrons. The highest BCUT2D eigenvalue weighted by Crippen LogP contribution is 2.37. The van der Waals surface area contributed by atoms with Crippen molar-refractivity contribution in [2.75, 3.05) is 0 Å². The fourth-order valence-electron chi connectivity index (χ4n) is 1.51. The highest BCUT2D eigenvalue weighted by molar-refractivity contribution is 8.01. The van der Waals surface area contributed by atoms with E-state index in [9.17, 15) is 19.7 Å². The Bertz CT molecular complexity index is 623. The molecule has 0 aliphatic carbocycles. The Hall–Kier alpha value is -2.50. The van der Waals surface area contributed by atoms with Gasteiger partial charge in [0.05, 0.1) is 4.92 Å². The van der Waals surface area contributed by atoms with Crippen LogP contribution in [0.4, 0.5) is 4.79 Å². The van der Waals surface area contributed by atoms with Crippen LogP contribution >= 0.6 is 11.8 Å². The summed E-state index contributed by atoms with van der Waals surface area (Å²) in [5, 5.41) is 26.1. The second kappa shape index (κ2) is 3.25. The van der Waals surface area contributed by atoms with Crippen LogP contribution in [-0.4, -0.2) is 42.4 Å². The number of fused-ring (bicyclic) bond motifs is 2. The highest BCUT2D eigenvalue weighted by Gasteiger charge is 2.64. The van der Waals surface area contributed by atoms with E-state index >= 15 is 0 Å². The Balaban J connectivity index is 2.22. The van der Waals surface area contributed by atoms with Crippen molar-refractivity contribution in [3.8, 4) is 0 Å². The number of amides is 3. The van der Waals surface area contributed by atoms with E-state index < -0.39 is 21.7 Å². The molecular formula is C6H3N7O4S. The van der Waals surface area contributed by atoms with E-state index in [0.29, 0.717) is 11.8 Å². The number of rotatable bonds is 1. The molecule has 3 rings (SSSR count). The lowest BCUT2D eigenvalue weighted by Gasteiger charge is -2.29. The smallest absolute Gasteiger partial charge is 0.287 e. The van der Waals surface area contributed by atoms with Gasteiger partial charge in [-0.25, -0.2) is 4.79 Å². The van der Waals surface area contributed by atoms with E-state index in [1.54, 1.807) is 0 Å². The summed E-state index contributed by atoms with van der Waals surface area (Å²) in [6.45, 7) is 0. The zero-order valence-electron chi connectivity index (χ0n) is 8.35. The number of carbonyl (C=O) groups excluding carboxylic acids is 2. The fourth-order valence-corrected chi connectivity index (χ4v) is 2.45. The van der Waals surface area contributed by atoms with Gasteiger partial charge in [-0.2, -0.15) is 4.68 Å². The first-order valence-electron chi connectivity index (χ1n) is 4.49. The number of imide groups is 1. The molecule has 0 radical (unpaired) electrons. The normalized spacial score (nSPS) is 25.4. The first-order valence-corrected chi connectivity index (χ1v) is 5.31. The van der Waals surface area contributed by atoms with E-state index in [4.69, 9.17) is 0 Å². The molecular weight excluding hydrogens is 266 g/mol. The van der Waals surface area contributed by atoms with Gasteiger partial charge in [-0.1, -0.05) is 0 Å². The second-order valence-corrected chi connectivity index (χ2v) is 4.48. The molecule has 3 heterocycles. The van der Waals surface area contributed by atoms with E-state index in [0.717, 1.165) is 4.68 Å². The lowest BCUT2D eigenvalue weighted by Crippen LogP contribution is -2.69. The van der Waals surface area contributed by atoms with Crippen molar-refractivity contribution in [2.45, 2.75) is 10.0 Å². The molecule has 0 spiro atoms. The molecule has 0 bridgehead atoms. The van der Waals surface area contributed by atoms with Gasteiger partial charge in [-0.3, -0.25) is 25.5 Å². The molecule has 18 heavy (non-hydrogen) atoms. The van der Waals surface area contributed by atoms with Crippen LogP contribution in [-0.2, 0) is 4.79 Å². The standard InChI is InChI=1S/C6H3N7O4S/c14-3-6(13(16)17)2(8-4(15)9-3)11-12-1-7-10-5(12)18-6/h1H,(H2,8,9,11,14,15). The molecule has 2 aliphatic heterocycles. The number of nitro groups is 1. The summed E-state index contributed by atoms with van der Waals surface area (Å²) in [5.41, 5.74) is 0. The maximum absolute atomic E-state index is 11.8. The lowest BCUT2D eigenvalue weighted by molar-refractivity contribution is -0.504. The quantitative estimate of drug-likeness (QED) is 0.459. The number of nitrogens with zero attached hydrogens (tertiary/aromatic N) is 5. The van der Waals surface area contributed by atoms with Gasteiger partial charge in [-0.05, 0) is 0 Å². The van der Waals surface area contributed by atoms with E-state index in [1.807, 2.05) is 5.32 Å². The van der Waals surface area contributed by atoms with Crippen LogP contribution in [0.25, 0.3) is 0 Å². The van der Waals surface area contributed by atoms with Crippen LogP contribution < -0.4 is 10.6 Å². The largest absolute Gasteiger partial charge is 0.410 e. The zero-order chi connectivity index (χ0) is 12.9. The topological polar surface area (TPSA) is 144 Å². The van der Waals surface area contributed by atoms with Crippen LogP contribution in [0.5, 0.6) is 0 Å². The van der Waals surface area contributed by atoms with Crippen molar-refractivity contribution < 1.29 is 14.5 Å². The first kappa shape index (κ1) is 10.6. The van der Waals surface area contributed by atoms with Crippen LogP contribution in [0.3, 0.4) is 0 Å². The molecule has 0 saturated carbocycles. The monoisotopic (exact) mass is 269 g/mol. The molecule has 12 heteroatoms. The van der Waals surface area contributed by atoms with Gasteiger partial charge < -0.3 is 0 Å². The summed E-state index contributed by atoms with van der Waals surface area (Å²) in [7, 11) is 0. The Kier molecular flexibility index (Phi) is 1.92. The fraction of sp³-hybridized carbons (Fsp3) is 0.167. The minimum Gasteiger partial charge on any atom is -0.287 e. The molecule has 1 unspecified atom stereocenters. The number of hydrogen-bond donors (Lipinski definition) is 2. The van der Waals surface area contributed by atoms with Crippen LogP contribution in [0.1, 0.15) is 0 Å². The molecule has 3 amide bonds. The van der Waals surface area contributed by atoms with Crippen molar-refractivity contribution >= 4 is 29.5 Å². The van der Waals surface area contributed by atoms with Crippen molar-refractivity contribution in [1.29, 1.82) is 0 Å². The Morgan fingerprint density at radius 1 is 1.44 bits per heavy atom. The summed E-state index contributed by atoms with van der Waals surface area (Å²) in [6, 6.07) is -0.867. The second-order valence-electron chi connectivity index (χ2n) is 3.32. The highest BCUT2D eigenvalue weighted by atomic mass is 32.2. The Morgan fingerprint density at radius 3 is 2.94 bits per heavy atom. The molecule has 2 aliphatic rings. The van der Waals surface area contributed by atoms with Crippen LogP contribution in [0, 0.1) is 10.1 Å². The average Bonchev–Trinajstić information content (AvgIpc) is 2.72. The molecule has 1 aromatic heterocycles. The average molecular weight is 269 g/mol. The van der Waals surface area contributed by atoms with Crippen molar-refractivity contribution in [3.63, 3.8) is 0 Å². The minimum atomic E-state index is -2.24. The summed E-state index contributed by atoms with van der Waals surface area (Å²) >= 11 is 0.546. The summed E-state index contributed by atoms with van der Waals surface area (Å²) < 4.78 is 1.14. The lowest BCUT2D eigenvalue weighted by atomic mass is 10.2. The predicted molar refractivity (Wildman–Crippen MR) is 55.1 cm³/mol. The van der Waals surface area contributed by atoms with E-state index in [2.05, 4.69) is 20.6 Å². The van der Waals surface area contributed by atoms with E-state index in [1.165, 1.54) is 6.33 Å². The van der Waals surface area contributed by atoms with Crippen molar-refractivity contribution in [1.82, 2.24) is 25.5 Å². The van der Waals surface area contributed by atoms with Gasteiger partial charge in [0.15, 0.2) is 0 Å². The molecule has 2 N–H and O–H groups in total. The summed E-state index contributed by atoms with van der Waals surface area (Å²) in [6.07, 6.45) is 1.21. The molecule has 11 nitrogen and oxygen atoms in total. The van der Waals surface area contributed by atoms with Gasteiger partial charge in [-0.15, -0.1) is 15.3 Å². The van der Waals surface area contributed by atoms with Gasteiger partial charge in [0, 0.05) is 11.8 Å². The number of amidine groups is 1. The molecule has 0 aromatic carbocycles. The van der Waals surface area contributed by atoms with Crippen LogP contribution in [0.2, 0.25) is 0 Å². The third kappa shape index (κ3) is 1.17. The maximum atomic E-state index is 11.8. The van der Waals surface area contributed by atoms with Gasteiger partial charge in [0.2, 0.25) is 11.0 Å². The van der Waals surface area contributed by atoms with E-state index in [-0.39, 0.29) is 11.0 Å². The number of thioether (sulfide) groups is 1. The number of aromatic nitrogens is 3. The molecule has 1 aromatic rings. The first-order chi connectivity index (χ1) is 8.54. The van der Waals surface area contributed by atoms with Gasteiger partial charge >= 0.3 is 16.8 Å². The van der Waals surface area contributed by atoms with Gasteiger partial charge in [0.25, 0.3) is 0 Å². The Morgan fingerprint density at radius 2 is 2.22 bits per heavy atom. The number of carbonyl (C=O) groups is 2. The van der Waals surface area contributed by atoms with Crippen LogP contribution in [0.15, 0.2) is 16.6 Å². The maximum Gasteiger partial charge on any atom is 0.410 e. The summed E-state index contributed by atoms with van der Waals surface area (Å²) in [4.78, 5) is 31.0. The SMILES string of the molecule is O=C1NC(=O)C2([N+](=O)[O-])Sc3nncn3N=C2N1. The predicted octanol–water partition coefficient (Wildman–Crippen LogP) is -1.64. The third-order valence-corrected chi connectivity index (χ3v) is 3.57. The van der Waals surface area contributed by atoms with Gasteiger partial charge in [0.1, 0.15) is 6.33 Å². The molecule has 1 saturated heterocycles. The molecule has 1 fully saturated rings. The number of urea groups is 1. The number of nitrogens with one attached hydrogen (secondary N) is 2. The van der Waals surface area contributed by atoms with Crippen molar-refractivity contribution in [3.05, 3.63) is 16.4 Å². The summed E-state index contributed by atoms with van der Waals surface area (Å²) in [5.74, 6) is -1.45.